The van der Waals surface area contributed by atoms with E-state index in [4.69, 9.17) is 0 Å². The molecular formula is C41H57N9O2S2. The van der Waals surface area contributed by atoms with Crippen LogP contribution in [-0.2, 0) is 16.6 Å². The quantitative estimate of drug-likeness (QED) is 0.104. The molecule has 13 heteroatoms. The largest absolute Gasteiger partial charge is 0.371 e. The molecule has 2 aromatic carbocycles. The number of benzene rings is 2. The highest BCUT2D eigenvalue weighted by Crippen LogP contribution is 2.35. The second-order valence-corrected chi connectivity index (χ2v) is 17.8. The summed E-state index contributed by atoms with van der Waals surface area (Å²) in [6, 6.07) is 16.3. The van der Waals surface area contributed by atoms with Crippen LogP contribution in [0.5, 0.6) is 0 Å². The maximum Gasteiger partial charge on any atom is 0.221 e. The summed E-state index contributed by atoms with van der Waals surface area (Å²) in [5.41, 5.74) is 3.73. The van der Waals surface area contributed by atoms with E-state index in [0.29, 0.717) is 30.2 Å². The average molecular weight is 772 g/mol. The molecule has 3 saturated heterocycles. The van der Waals surface area contributed by atoms with Gasteiger partial charge < -0.3 is 20.4 Å². The number of nitrogens with one attached hydrogen (secondary N) is 2. The smallest absolute Gasteiger partial charge is 0.221 e. The van der Waals surface area contributed by atoms with E-state index in [-0.39, 0.29) is 12.3 Å². The normalized spacial score (nSPS) is 18.4. The zero-order valence-electron chi connectivity index (χ0n) is 32.4. The minimum absolute atomic E-state index is 0.0963. The van der Waals surface area contributed by atoms with Crippen LogP contribution in [0.3, 0.4) is 0 Å². The average Bonchev–Trinajstić information content (AvgIpc) is 3.80. The van der Waals surface area contributed by atoms with Crippen molar-refractivity contribution in [3.05, 3.63) is 59.1 Å². The zero-order valence-corrected chi connectivity index (χ0v) is 34.0. The molecule has 0 spiro atoms. The molecule has 7 rings (SSSR count). The number of hydrogen-bond acceptors (Lipinski definition) is 10. The lowest BCUT2D eigenvalue weighted by molar-refractivity contribution is -0.120. The monoisotopic (exact) mass is 771 g/mol. The molecule has 54 heavy (non-hydrogen) atoms. The van der Waals surface area contributed by atoms with Crippen LogP contribution in [0.4, 0.5) is 16.6 Å². The molecule has 0 aliphatic carbocycles. The molecule has 3 aliphatic heterocycles. The molecule has 0 radical (unpaired) electrons. The van der Waals surface area contributed by atoms with E-state index in [1.807, 2.05) is 29.9 Å². The van der Waals surface area contributed by atoms with E-state index in [0.717, 1.165) is 93.3 Å². The summed E-state index contributed by atoms with van der Waals surface area (Å²) >= 11 is 3.72. The Bertz CT molecular complexity index is 1850. The number of hydrogen-bond donors (Lipinski definition) is 2. The summed E-state index contributed by atoms with van der Waals surface area (Å²) < 4.78 is 4.39. The minimum atomic E-state index is -0.0963. The summed E-state index contributed by atoms with van der Waals surface area (Å²) in [4.78, 5) is 37.8. The third-order valence-corrected chi connectivity index (χ3v) is 13.9. The summed E-state index contributed by atoms with van der Waals surface area (Å²) in [6.45, 7) is 12.6. The van der Waals surface area contributed by atoms with E-state index >= 15 is 0 Å². The number of rotatable bonds is 14. The fourth-order valence-electron chi connectivity index (χ4n) is 8.24. The van der Waals surface area contributed by atoms with Crippen LogP contribution in [-0.4, -0.2) is 102 Å². The van der Waals surface area contributed by atoms with Crippen molar-refractivity contribution in [3.8, 4) is 0 Å². The molecule has 11 nitrogen and oxygen atoms in total. The first-order chi connectivity index (χ1) is 26.3. The van der Waals surface area contributed by atoms with Gasteiger partial charge in [-0.25, -0.2) is 9.29 Å². The van der Waals surface area contributed by atoms with Gasteiger partial charge in [0.1, 0.15) is 0 Å². The number of amides is 2. The van der Waals surface area contributed by atoms with Gasteiger partial charge in [-0.1, -0.05) is 26.0 Å². The standard InChI is InChI=1S/C41H57N9O2S2/c1-29(2)38-26-43-41(53-38)44-33-14-22-50(23-15-33)54-35-7-5-6-34(25-35)48-19-10-30(11-20-48)27-47-17-12-31(13-18-47)32-8-9-36-37(24-32)46(4)45-40(36)49(28-51)21-16-39(52)42-3/h5-9,24-26,28-31,33H,10-23,27H2,1-4H3,(H,42,52)(H,43,44). The highest BCUT2D eigenvalue weighted by Gasteiger charge is 2.27. The van der Waals surface area contributed by atoms with Crippen LogP contribution in [0.15, 0.2) is 53.6 Å². The van der Waals surface area contributed by atoms with Crippen LogP contribution in [0.2, 0.25) is 0 Å². The Labute approximate surface area is 329 Å². The molecule has 0 saturated carbocycles. The van der Waals surface area contributed by atoms with Gasteiger partial charge >= 0.3 is 0 Å². The molecule has 5 heterocycles. The van der Waals surface area contributed by atoms with Gasteiger partial charge in [0, 0.05) is 92.9 Å². The maximum atomic E-state index is 11.9. The Kier molecular flexibility index (Phi) is 12.8. The molecule has 3 aliphatic rings. The van der Waals surface area contributed by atoms with Gasteiger partial charge in [-0.2, -0.15) is 5.10 Å². The molecule has 2 aromatic heterocycles. The number of fused-ring (bicyclic) bond motifs is 1. The molecule has 0 atom stereocenters. The van der Waals surface area contributed by atoms with Crippen LogP contribution in [0, 0.1) is 5.92 Å². The molecule has 2 N–H and O–H groups in total. The molecule has 0 bridgehead atoms. The van der Waals surface area contributed by atoms with Crippen molar-refractivity contribution in [2.45, 2.75) is 81.6 Å². The van der Waals surface area contributed by atoms with Crippen molar-refractivity contribution in [3.63, 3.8) is 0 Å². The van der Waals surface area contributed by atoms with Crippen molar-refractivity contribution in [2.75, 3.05) is 74.5 Å². The van der Waals surface area contributed by atoms with Crippen molar-refractivity contribution in [1.82, 2.24) is 29.3 Å². The number of anilines is 3. The van der Waals surface area contributed by atoms with Crippen molar-refractivity contribution >= 4 is 63.1 Å². The van der Waals surface area contributed by atoms with Crippen LogP contribution >= 0.6 is 23.3 Å². The lowest BCUT2D eigenvalue weighted by Gasteiger charge is -2.38. The predicted octanol–water partition coefficient (Wildman–Crippen LogP) is 6.93. The Morgan fingerprint density at radius 1 is 1.02 bits per heavy atom. The van der Waals surface area contributed by atoms with E-state index in [1.165, 1.54) is 45.3 Å². The molecule has 3 fully saturated rings. The highest BCUT2D eigenvalue weighted by atomic mass is 32.2. The van der Waals surface area contributed by atoms with E-state index in [9.17, 15) is 9.59 Å². The number of carbonyl (C=O) groups excluding carboxylic acids is 2. The number of carbonyl (C=O) groups is 2. The van der Waals surface area contributed by atoms with Crippen molar-refractivity contribution in [2.24, 2.45) is 13.0 Å². The molecule has 2 amide bonds. The number of aryl methyl sites for hydroxylation is 1. The number of likely N-dealkylation sites (tertiary alicyclic amines) is 1. The van der Waals surface area contributed by atoms with Gasteiger partial charge in [0.15, 0.2) is 10.9 Å². The third kappa shape index (κ3) is 9.41. The Balaban J connectivity index is 0.842. The third-order valence-electron chi connectivity index (χ3n) is 11.6. The number of thiazole rings is 1. The summed E-state index contributed by atoms with van der Waals surface area (Å²) in [5, 5.41) is 13.0. The van der Waals surface area contributed by atoms with Gasteiger partial charge in [0.05, 0.1) is 5.52 Å². The number of nitrogens with zero attached hydrogens (tertiary/aromatic N) is 7. The summed E-state index contributed by atoms with van der Waals surface area (Å²) in [6.07, 6.45) is 10.1. The van der Waals surface area contributed by atoms with Crippen molar-refractivity contribution < 1.29 is 9.59 Å². The second kappa shape index (κ2) is 17.9. The van der Waals surface area contributed by atoms with Gasteiger partial charge in [-0.05, 0) is 117 Å². The van der Waals surface area contributed by atoms with Gasteiger partial charge in [-0.15, -0.1) is 11.3 Å². The summed E-state index contributed by atoms with van der Waals surface area (Å²) in [5.74, 6) is 2.32. The molecule has 290 valence electrons. The van der Waals surface area contributed by atoms with E-state index in [2.05, 4.69) is 91.1 Å². The van der Waals surface area contributed by atoms with Gasteiger partial charge in [-0.3, -0.25) is 19.2 Å². The zero-order chi connectivity index (χ0) is 37.6. The Morgan fingerprint density at radius 2 is 1.80 bits per heavy atom. The van der Waals surface area contributed by atoms with Crippen LogP contribution < -0.4 is 20.4 Å². The topological polar surface area (TPSA) is 102 Å². The first-order valence-electron chi connectivity index (χ1n) is 19.9. The first kappa shape index (κ1) is 38.6. The fourth-order valence-corrected chi connectivity index (χ4v) is 10.1. The SMILES string of the molecule is CNC(=O)CCN(C=O)c1nn(C)c2cc(C3CCN(CC4CCN(c5cccc(SN6CCC(Nc7ncc(C(C)C)s7)CC6)c5)CC4)CC3)ccc12. The second-order valence-electron chi connectivity index (χ2n) is 15.6. The van der Waals surface area contributed by atoms with Gasteiger partial charge in [0.25, 0.3) is 0 Å². The van der Waals surface area contributed by atoms with Crippen molar-refractivity contribution in [1.29, 1.82) is 0 Å². The molecule has 4 aromatic rings. The predicted molar refractivity (Wildman–Crippen MR) is 223 cm³/mol. The number of piperidine rings is 3. The first-order valence-corrected chi connectivity index (χ1v) is 21.5. The summed E-state index contributed by atoms with van der Waals surface area (Å²) in [7, 11) is 3.53. The Hall–Kier alpha value is -3.65. The minimum Gasteiger partial charge on any atom is -0.371 e. The van der Waals surface area contributed by atoms with Crippen LogP contribution in [0.1, 0.15) is 81.1 Å². The molecular weight excluding hydrogens is 715 g/mol. The lowest BCUT2D eigenvalue weighted by atomic mass is 9.88. The highest BCUT2D eigenvalue weighted by molar-refractivity contribution is 7.97. The lowest BCUT2D eigenvalue weighted by Crippen LogP contribution is -2.41. The van der Waals surface area contributed by atoms with E-state index in [1.54, 1.807) is 18.4 Å². The van der Waals surface area contributed by atoms with E-state index < -0.39 is 0 Å². The maximum absolute atomic E-state index is 11.9. The van der Waals surface area contributed by atoms with Crippen LogP contribution in [0.25, 0.3) is 10.9 Å². The molecule has 0 unspecified atom stereocenters. The van der Waals surface area contributed by atoms with Gasteiger partial charge in [0.2, 0.25) is 12.3 Å². The number of aromatic nitrogens is 3. The fraction of sp³-hybridized carbons (Fsp3) is 0.561. The Morgan fingerprint density at radius 3 is 2.50 bits per heavy atom.